The Kier molecular flexibility index (Phi) is 7.23. The average molecular weight is 259 g/mol. The van der Waals surface area contributed by atoms with Crippen LogP contribution in [0.25, 0.3) is 0 Å². The van der Waals surface area contributed by atoms with E-state index in [1.54, 1.807) is 0 Å². The fraction of sp³-hybridized carbons (Fsp3) is 0.923. The van der Waals surface area contributed by atoms with Crippen molar-refractivity contribution in [1.29, 1.82) is 0 Å². The Balaban J connectivity index is 2.08. The van der Waals surface area contributed by atoms with E-state index >= 15 is 0 Å². The van der Waals surface area contributed by atoms with Gasteiger partial charge in [0.25, 0.3) is 0 Å². The zero-order valence-electron chi connectivity index (χ0n) is 11.4. The van der Waals surface area contributed by atoms with Crippen LogP contribution in [0.3, 0.4) is 0 Å². The van der Waals surface area contributed by atoms with E-state index in [2.05, 4.69) is 17.0 Å². The van der Waals surface area contributed by atoms with Crippen LogP contribution in [0.2, 0.25) is 0 Å². The number of nitrogens with one attached hydrogen (secondary N) is 1. The van der Waals surface area contributed by atoms with Crippen molar-refractivity contribution < 1.29 is 19.4 Å². The Morgan fingerprint density at radius 3 is 2.83 bits per heavy atom. The lowest BCUT2D eigenvalue weighted by Crippen LogP contribution is -2.36. The molecule has 18 heavy (non-hydrogen) atoms. The Bertz CT molecular complexity index is 247. The highest BCUT2D eigenvalue weighted by Gasteiger charge is 2.22. The van der Waals surface area contributed by atoms with Gasteiger partial charge in [0, 0.05) is 6.54 Å². The number of methoxy groups -OCH3 is 1. The maximum Gasteiger partial charge on any atom is 0.319 e. The molecule has 1 fully saturated rings. The van der Waals surface area contributed by atoms with Gasteiger partial charge < -0.3 is 19.9 Å². The molecular formula is C13H25NO4. The van der Waals surface area contributed by atoms with Gasteiger partial charge in [-0.3, -0.25) is 4.79 Å². The minimum Gasteiger partial charge on any atom is -0.468 e. The average Bonchev–Trinajstić information content (AvgIpc) is 2.37. The SMILES string of the molecule is COC(=O)CNCC(O)COC1CCCCC1C. The van der Waals surface area contributed by atoms with E-state index in [0.29, 0.717) is 19.1 Å². The number of carbonyl (C=O) groups excluding carboxylic acids is 1. The second-order valence-electron chi connectivity index (χ2n) is 4.99. The summed E-state index contributed by atoms with van der Waals surface area (Å²) < 4.78 is 10.2. The number of rotatable bonds is 7. The van der Waals surface area contributed by atoms with E-state index in [4.69, 9.17) is 4.74 Å². The van der Waals surface area contributed by atoms with E-state index in [9.17, 15) is 9.90 Å². The molecule has 0 amide bonds. The second-order valence-corrected chi connectivity index (χ2v) is 4.99. The monoisotopic (exact) mass is 259 g/mol. The van der Waals surface area contributed by atoms with Crippen LogP contribution in [-0.2, 0) is 14.3 Å². The number of carbonyl (C=O) groups is 1. The number of ether oxygens (including phenoxy) is 2. The zero-order valence-corrected chi connectivity index (χ0v) is 11.4. The fourth-order valence-electron chi connectivity index (χ4n) is 2.24. The van der Waals surface area contributed by atoms with Crippen LogP contribution in [0.1, 0.15) is 32.6 Å². The Labute approximate surface area is 109 Å². The van der Waals surface area contributed by atoms with Crippen molar-refractivity contribution >= 4 is 5.97 Å². The Morgan fingerprint density at radius 1 is 1.44 bits per heavy atom. The third-order valence-electron chi connectivity index (χ3n) is 3.41. The first kappa shape index (κ1) is 15.4. The van der Waals surface area contributed by atoms with Gasteiger partial charge in [-0.15, -0.1) is 0 Å². The van der Waals surface area contributed by atoms with Gasteiger partial charge in [0.2, 0.25) is 0 Å². The molecule has 0 heterocycles. The summed E-state index contributed by atoms with van der Waals surface area (Å²) >= 11 is 0. The summed E-state index contributed by atoms with van der Waals surface area (Å²) in [5, 5.41) is 12.5. The first-order valence-electron chi connectivity index (χ1n) is 6.70. The third kappa shape index (κ3) is 5.80. The van der Waals surface area contributed by atoms with Crippen LogP contribution in [0, 0.1) is 5.92 Å². The number of hydrogen-bond acceptors (Lipinski definition) is 5. The van der Waals surface area contributed by atoms with Crippen molar-refractivity contribution in [3.8, 4) is 0 Å². The molecule has 1 saturated carbocycles. The molecule has 0 spiro atoms. The topological polar surface area (TPSA) is 67.8 Å². The van der Waals surface area contributed by atoms with Crippen molar-refractivity contribution in [2.24, 2.45) is 5.92 Å². The van der Waals surface area contributed by atoms with Crippen LogP contribution < -0.4 is 5.32 Å². The number of aliphatic hydroxyl groups is 1. The van der Waals surface area contributed by atoms with Crippen molar-refractivity contribution in [2.45, 2.75) is 44.8 Å². The first-order chi connectivity index (χ1) is 8.63. The van der Waals surface area contributed by atoms with E-state index < -0.39 is 6.10 Å². The fourth-order valence-corrected chi connectivity index (χ4v) is 2.24. The largest absolute Gasteiger partial charge is 0.468 e. The van der Waals surface area contributed by atoms with Gasteiger partial charge in [0.05, 0.1) is 32.5 Å². The predicted molar refractivity (Wildman–Crippen MR) is 68.3 cm³/mol. The smallest absolute Gasteiger partial charge is 0.319 e. The molecule has 0 bridgehead atoms. The van der Waals surface area contributed by atoms with Crippen LogP contribution in [0.15, 0.2) is 0 Å². The van der Waals surface area contributed by atoms with Crippen molar-refractivity contribution in [3.05, 3.63) is 0 Å². The summed E-state index contributed by atoms with van der Waals surface area (Å²) in [5.41, 5.74) is 0. The molecule has 0 aliphatic heterocycles. The third-order valence-corrected chi connectivity index (χ3v) is 3.41. The van der Waals surface area contributed by atoms with Crippen LogP contribution >= 0.6 is 0 Å². The molecule has 5 heteroatoms. The molecule has 2 N–H and O–H groups in total. The summed E-state index contributed by atoms with van der Waals surface area (Å²) in [7, 11) is 1.34. The standard InChI is InChI=1S/C13H25NO4/c1-10-5-3-4-6-12(10)18-9-11(15)7-14-8-13(16)17-2/h10-12,14-15H,3-9H2,1-2H3. The highest BCUT2D eigenvalue weighted by molar-refractivity contribution is 5.71. The van der Waals surface area contributed by atoms with E-state index in [1.807, 2.05) is 0 Å². The van der Waals surface area contributed by atoms with Gasteiger partial charge in [0.15, 0.2) is 0 Å². The maximum absolute atomic E-state index is 10.8. The molecule has 0 aromatic rings. The van der Waals surface area contributed by atoms with E-state index in [-0.39, 0.29) is 18.6 Å². The quantitative estimate of drug-likeness (QED) is 0.659. The molecule has 0 saturated heterocycles. The molecule has 5 nitrogen and oxygen atoms in total. The lowest BCUT2D eigenvalue weighted by molar-refractivity contribution is -0.139. The van der Waals surface area contributed by atoms with Crippen molar-refractivity contribution in [1.82, 2.24) is 5.32 Å². The van der Waals surface area contributed by atoms with Crippen molar-refractivity contribution in [2.75, 3.05) is 26.8 Å². The predicted octanol–water partition coefficient (Wildman–Crippen LogP) is 0.705. The molecular weight excluding hydrogens is 234 g/mol. The second kappa shape index (κ2) is 8.45. The van der Waals surface area contributed by atoms with Crippen LogP contribution in [-0.4, -0.2) is 50.1 Å². The molecule has 0 aromatic carbocycles. The van der Waals surface area contributed by atoms with Crippen molar-refractivity contribution in [3.63, 3.8) is 0 Å². The number of aliphatic hydroxyl groups excluding tert-OH is 1. The maximum atomic E-state index is 10.8. The minimum absolute atomic E-state index is 0.118. The molecule has 3 unspecified atom stereocenters. The number of esters is 1. The van der Waals surface area contributed by atoms with Crippen LogP contribution in [0.5, 0.6) is 0 Å². The molecule has 1 aliphatic rings. The first-order valence-corrected chi connectivity index (χ1v) is 6.70. The normalized spacial score (nSPS) is 25.7. The van der Waals surface area contributed by atoms with Gasteiger partial charge in [-0.1, -0.05) is 19.8 Å². The summed E-state index contributed by atoms with van der Waals surface area (Å²) in [5.74, 6) is 0.248. The van der Waals surface area contributed by atoms with Gasteiger partial charge in [-0.05, 0) is 18.8 Å². The highest BCUT2D eigenvalue weighted by Crippen LogP contribution is 2.26. The minimum atomic E-state index is -0.580. The molecule has 3 atom stereocenters. The van der Waals surface area contributed by atoms with Gasteiger partial charge >= 0.3 is 5.97 Å². The molecule has 1 rings (SSSR count). The Morgan fingerprint density at radius 2 is 2.17 bits per heavy atom. The summed E-state index contributed by atoms with van der Waals surface area (Å²) in [4.78, 5) is 10.8. The number of hydrogen-bond donors (Lipinski definition) is 2. The molecule has 1 aliphatic carbocycles. The van der Waals surface area contributed by atoms with Crippen LogP contribution in [0.4, 0.5) is 0 Å². The molecule has 106 valence electrons. The summed E-state index contributed by atoms with van der Waals surface area (Å²) in [6.07, 6.45) is 4.48. The van der Waals surface area contributed by atoms with E-state index in [1.165, 1.54) is 26.4 Å². The highest BCUT2D eigenvalue weighted by atomic mass is 16.5. The zero-order chi connectivity index (χ0) is 13.4. The summed E-state index contributed by atoms with van der Waals surface area (Å²) in [6.45, 7) is 2.98. The summed E-state index contributed by atoms with van der Waals surface area (Å²) in [6, 6.07) is 0. The lowest BCUT2D eigenvalue weighted by atomic mass is 9.88. The van der Waals surface area contributed by atoms with E-state index in [0.717, 1.165) is 6.42 Å². The van der Waals surface area contributed by atoms with Gasteiger partial charge in [-0.2, -0.15) is 0 Å². The lowest BCUT2D eigenvalue weighted by Gasteiger charge is -2.29. The van der Waals surface area contributed by atoms with Gasteiger partial charge in [-0.25, -0.2) is 0 Å². The van der Waals surface area contributed by atoms with Gasteiger partial charge in [0.1, 0.15) is 0 Å². The molecule has 0 aromatic heterocycles. The molecule has 0 radical (unpaired) electrons. The Hall–Kier alpha value is -0.650.